The monoisotopic (exact) mass is 705 g/mol. The summed E-state index contributed by atoms with van der Waals surface area (Å²) < 4.78 is 29.2. The molecule has 45 heavy (non-hydrogen) atoms. The summed E-state index contributed by atoms with van der Waals surface area (Å²) in [6.45, 7) is 3.20. The fourth-order valence-electron chi connectivity index (χ4n) is 4.69. The molecule has 0 fully saturated rings. The highest BCUT2D eigenvalue weighted by Gasteiger charge is 2.35. The van der Waals surface area contributed by atoms with Crippen LogP contribution in [0.15, 0.2) is 95.9 Å². The number of hydrogen-bond acceptors (Lipinski definition) is 4. The van der Waals surface area contributed by atoms with Crippen molar-refractivity contribution in [3.63, 3.8) is 0 Å². The van der Waals surface area contributed by atoms with Crippen molar-refractivity contribution in [1.82, 2.24) is 10.2 Å². The predicted molar refractivity (Wildman–Crippen MR) is 182 cm³/mol. The first-order valence-electron chi connectivity index (χ1n) is 14.0. The van der Waals surface area contributed by atoms with Gasteiger partial charge in [-0.1, -0.05) is 100 Å². The normalized spacial score (nSPS) is 12.0. The van der Waals surface area contributed by atoms with Crippen molar-refractivity contribution < 1.29 is 18.0 Å². The smallest absolute Gasteiger partial charge is 0.264 e. The molecule has 12 heteroatoms. The van der Waals surface area contributed by atoms with Gasteiger partial charge in [0.1, 0.15) is 12.6 Å². The fourth-order valence-corrected chi connectivity index (χ4v) is 6.85. The number of nitrogens with one attached hydrogen (secondary N) is 1. The largest absolute Gasteiger partial charge is 0.355 e. The molecule has 4 rings (SSSR count). The molecule has 0 aliphatic heterocycles. The van der Waals surface area contributed by atoms with Crippen LogP contribution in [0.1, 0.15) is 23.6 Å². The predicted octanol–water partition coefficient (Wildman–Crippen LogP) is 7.58. The number of carbonyl (C=O) groups excluding carboxylic acids is 2. The summed E-state index contributed by atoms with van der Waals surface area (Å²) in [4.78, 5) is 29.4. The van der Waals surface area contributed by atoms with Crippen LogP contribution in [0.5, 0.6) is 0 Å². The maximum Gasteiger partial charge on any atom is 0.264 e. The molecule has 4 aromatic rings. The van der Waals surface area contributed by atoms with Crippen LogP contribution in [0.2, 0.25) is 20.1 Å². The third-order valence-electron chi connectivity index (χ3n) is 7.06. The van der Waals surface area contributed by atoms with E-state index in [2.05, 4.69) is 5.32 Å². The number of nitrogens with zero attached hydrogens (tertiary/aromatic N) is 2. The van der Waals surface area contributed by atoms with Gasteiger partial charge in [-0.05, 0) is 67.4 Å². The van der Waals surface area contributed by atoms with Crippen LogP contribution in [0.25, 0.3) is 0 Å². The second-order valence-corrected chi connectivity index (χ2v) is 13.8. The third kappa shape index (κ3) is 8.71. The lowest BCUT2D eigenvalue weighted by atomic mass is 10.0. The van der Waals surface area contributed by atoms with E-state index in [1.165, 1.54) is 35.2 Å². The summed E-state index contributed by atoms with van der Waals surface area (Å²) in [6, 6.07) is 23.7. The van der Waals surface area contributed by atoms with Gasteiger partial charge in [-0.25, -0.2) is 8.42 Å². The maximum absolute atomic E-state index is 14.4. The first-order valence-corrected chi connectivity index (χ1v) is 17.0. The van der Waals surface area contributed by atoms with Crippen molar-refractivity contribution in [1.29, 1.82) is 0 Å². The fraction of sp³-hybridized carbons (Fsp3) is 0.212. The lowest BCUT2D eigenvalue weighted by Crippen LogP contribution is -2.53. The van der Waals surface area contributed by atoms with Gasteiger partial charge < -0.3 is 10.2 Å². The van der Waals surface area contributed by atoms with E-state index >= 15 is 0 Å². The van der Waals surface area contributed by atoms with E-state index in [1.54, 1.807) is 37.3 Å². The summed E-state index contributed by atoms with van der Waals surface area (Å²) in [5, 5.41) is 3.85. The number of aryl methyl sites for hydroxylation is 1. The number of likely N-dealkylation sites (N-methyl/N-ethyl adjacent to an activating group) is 1. The molecule has 7 nitrogen and oxygen atoms in total. The minimum Gasteiger partial charge on any atom is -0.355 e. The van der Waals surface area contributed by atoms with E-state index in [0.29, 0.717) is 22.2 Å². The quantitative estimate of drug-likeness (QED) is 0.165. The lowest BCUT2D eigenvalue weighted by molar-refractivity contribution is -0.140. The molecule has 0 saturated carbocycles. The van der Waals surface area contributed by atoms with Gasteiger partial charge in [0.25, 0.3) is 10.0 Å². The molecule has 0 saturated heterocycles. The van der Waals surface area contributed by atoms with E-state index in [9.17, 15) is 18.0 Å². The number of carbonyl (C=O) groups is 2. The van der Waals surface area contributed by atoms with Crippen LogP contribution in [0, 0.1) is 6.92 Å². The number of halogens is 4. The molecular weight excluding hydrogens is 676 g/mol. The highest BCUT2D eigenvalue weighted by Crippen LogP contribution is 2.31. The number of benzene rings is 4. The van der Waals surface area contributed by atoms with Gasteiger partial charge >= 0.3 is 0 Å². The molecule has 0 heterocycles. The van der Waals surface area contributed by atoms with Crippen molar-refractivity contribution >= 4 is 73.9 Å². The Balaban J connectivity index is 1.83. The summed E-state index contributed by atoms with van der Waals surface area (Å²) in [5.74, 6) is -1.04. The molecular formula is C33H31Cl4N3O4S. The van der Waals surface area contributed by atoms with Crippen molar-refractivity contribution in [3.8, 4) is 0 Å². The summed E-state index contributed by atoms with van der Waals surface area (Å²) in [5.41, 5.74) is 2.32. The van der Waals surface area contributed by atoms with Gasteiger partial charge in [0, 0.05) is 29.6 Å². The summed E-state index contributed by atoms with van der Waals surface area (Å²) >= 11 is 25.1. The molecule has 1 N–H and O–H groups in total. The standard InChI is InChI=1S/C33H31Cl4N3O4S/c1-3-38-33(42)31(17-23-7-5-4-6-8-23)39(20-24-11-12-25(34)18-29(24)36)32(41)21-40(26-13-16-28(35)30(37)19-26)45(43,44)27-14-9-22(2)10-15-27/h4-16,18-19,31H,3,17,20-21H2,1-2H3,(H,38,42)/t31-/m1/s1. The van der Waals surface area contributed by atoms with Crippen LogP contribution >= 0.6 is 46.4 Å². The van der Waals surface area contributed by atoms with Crippen LogP contribution in [-0.2, 0) is 32.6 Å². The number of sulfonamides is 1. The summed E-state index contributed by atoms with van der Waals surface area (Å²) in [6.07, 6.45) is 0.168. The Kier molecular flexibility index (Phi) is 11.8. The molecule has 1 atom stereocenters. The van der Waals surface area contributed by atoms with Crippen molar-refractivity contribution in [2.24, 2.45) is 0 Å². The number of amides is 2. The first-order chi connectivity index (χ1) is 21.4. The van der Waals surface area contributed by atoms with Crippen LogP contribution in [0.4, 0.5) is 5.69 Å². The second kappa shape index (κ2) is 15.3. The Morgan fingerprint density at radius 2 is 1.51 bits per heavy atom. The Morgan fingerprint density at radius 3 is 2.13 bits per heavy atom. The topological polar surface area (TPSA) is 86.8 Å². The molecule has 0 bridgehead atoms. The molecule has 0 aromatic heterocycles. The molecule has 0 unspecified atom stereocenters. The van der Waals surface area contributed by atoms with E-state index in [1.807, 2.05) is 37.3 Å². The Labute approximate surface area is 283 Å². The van der Waals surface area contributed by atoms with E-state index in [0.717, 1.165) is 15.4 Å². The SMILES string of the molecule is CCNC(=O)[C@@H](Cc1ccccc1)N(Cc1ccc(Cl)cc1Cl)C(=O)CN(c1ccc(Cl)c(Cl)c1)S(=O)(=O)c1ccc(C)cc1. The van der Waals surface area contributed by atoms with Gasteiger partial charge in [0.2, 0.25) is 11.8 Å². The molecule has 0 spiro atoms. The Morgan fingerprint density at radius 1 is 0.822 bits per heavy atom. The molecule has 2 amide bonds. The second-order valence-electron chi connectivity index (χ2n) is 10.3. The number of rotatable bonds is 12. The summed E-state index contributed by atoms with van der Waals surface area (Å²) in [7, 11) is -4.29. The van der Waals surface area contributed by atoms with E-state index in [4.69, 9.17) is 46.4 Å². The zero-order valence-electron chi connectivity index (χ0n) is 24.5. The average molecular weight is 708 g/mol. The maximum atomic E-state index is 14.4. The van der Waals surface area contributed by atoms with E-state index in [-0.39, 0.29) is 33.6 Å². The van der Waals surface area contributed by atoms with Crippen LogP contribution in [0.3, 0.4) is 0 Å². The van der Waals surface area contributed by atoms with Gasteiger partial charge in [-0.2, -0.15) is 0 Å². The molecule has 0 aliphatic carbocycles. The van der Waals surface area contributed by atoms with Crippen LogP contribution < -0.4 is 9.62 Å². The third-order valence-corrected chi connectivity index (χ3v) is 10.2. The van der Waals surface area contributed by atoms with Crippen molar-refractivity contribution in [3.05, 3.63) is 128 Å². The molecule has 0 radical (unpaired) electrons. The van der Waals surface area contributed by atoms with Crippen LogP contribution in [-0.4, -0.2) is 44.3 Å². The zero-order valence-corrected chi connectivity index (χ0v) is 28.4. The highest BCUT2D eigenvalue weighted by molar-refractivity contribution is 7.92. The highest BCUT2D eigenvalue weighted by atomic mass is 35.5. The van der Waals surface area contributed by atoms with Gasteiger partial charge in [0.05, 0.1) is 20.6 Å². The minimum atomic E-state index is -4.29. The van der Waals surface area contributed by atoms with Crippen molar-refractivity contribution in [2.45, 2.75) is 37.8 Å². The number of anilines is 1. The Bertz CT molecular complexity index is 1770. The van der Waals surface area contributed by atoms with Crippen molar-refractivity contribution in [2.75, 3.05) is 17.4 Å². The average Bonchev–Trinajstić information content (AvgIpc) is 3.00. The first kappa shape index (κ1) is 34.6. The van der Waals surface area contributed by atoms with Gasteiger partial charge in [-0.3, -0.25) is 13.9 Å². The number of hydrogen-bond donors (Lipinski definition) is 1. The van der Waals surface area contributed by atoms with Gasteiger partial charge in [-0.15, -0.1) is 0 Å². The van der Waals surface area contributed by atoms with Gasteiger partial charge in [0.15, 0.2) is 0 Å². The molecule has 4 aromatic carbocycles. The Hall–Kier alpha value is -3.27. The minimum absolute atomic E-state index is 0.0242. The molecule has 236 valence electrons. The molecule has 0 aliphatic rings. The zero-order chi connectivity index (χ0) is 32.7. The van der Waals surface area contributed by atoms with E-state index < -0.39 is 34.4 Å². The lowest BCUT2D eigenvalue weighted by Gasteiger charge is -2.34.